The van der Waals surface area contributed by atoms with Gasteiger partial charge >= 0.3 is 0 Å². The monoisotopic (exact) mass is 198 g/mol. The average molecular weight is 198 g/mol. The topological polar surface area (TPSA) is 17.1 Å². The third-order valence-corrected chi connectivity index (χ3v) is 2.11. The van der Waals surface area contributed by atoms with Crippen LogP contribution in [-0.2, 0) is 11.2 Å². The molecule has 0 bridgehead atoms. The Bertz CT molecular complexity index is 345. The first-order chi connectivity index (χ1) is 6.52. The van der Waals surface area contributed by atoms with Crippen LogP contribution >= 0.6 is 0 Å². The molecule has 0 radical (unpaired) electrons. The lowest BCUT2D eigenvalue weighted by molar-refractivity contribution is -0.116. The highest BCUT2D eigenvalue weighted by molar-refractivity contribution is 5.79. The Kier molecular flexibility index (Phi) is 3.33. The van der Waals surface area contributed by atoms with Crippen LogP contribution < -0.4 is 0 Å². The number of aryl methyl sites for hydroxylation is 1. The Morgan fingerprint density at radius 2 is 2.07 bits per heavy atom. The smallest absolute Gasteiger partial charge is 0.264 e. The number of ketones is 1. The molecule has 0 aliphatic heterocycles. The van der Waals surface area contributed by atoms with Crippen LogP contribution in [0.1, 0.15) is 30.0 Å². The summed E-state index contributed by atoms with van der Waals surface area (Å²) in [6.45, 7) is 3.14. The van der Waals surface area contributed by atoms with Crippen molar-refractivity contribution in [2.75, 3.05) is 0 Å². The Labute approximate surface area is 81.7 Å². The first-order valence-corrected chi connectivity index (χ1v) is 4.38. The third-order valence-electron chi connectivity index (χ3n) is 2.11. The predicted molar refractivity (Wildman–Crippen MR) is 50.5 cm³/mol. The number of hydrogen-bond acceptors (Lipinski definition) is 1. The highest BCUT2D eigenvalue weighted by atomic mass is 19.3. The second-order valence-corrected chi connectivity index (χ2v) is 3.32. The maximum Gasteiger partial charge on any atom is 0.264 e. The van der Waals surface area contributed by atoms with Crippen molar-refractivity contribution in [2.24, 2.45) is 0 Å². The normalized spacial score (nSPS) is 10.6. The van der Waals surface area contributed by atoms with E-state index in [0.717, 1.165) is 5.56 Å². The Morgan fingerprint density at radius 1 is 1.43 bits per heavy atom. The van der Waals surface area contributed by atoms with Crippen molar-refractivity contribution < 1.29 is 13.6 Å². The number of alkyl halides is 2. The van der Waals surface area contributed by atoms with E-state index >= 15 is 0 Å². The van der Waals surface area contributed by atoms with Crippen LogP contribution in [0.5, 0.6) is 0 Å². The molecule has 0 fully saturated rings. The van der Waals surface area contributed by atoms with E-state index in [4.69, 9.17) is 0 Å². The van der Waals surface area contributed by atoms with Gasteiger partial charge in [-0.25, -0.2) is 8.78 Å². The van der Waals surface area contributed by atoms with Gasteiger partial charge in [-0.05, 0) is 25.0 Å². The van der Waals surface area contributed by atoms with Gasteiger partial charge in [0.1, 0.15) is 5.78 Å². The molecule has 0 aromatic heterocycles. The van der Waals surface area contributed by atoms with Gasteiger partial charge < -0.3 is 0 Å². The van der Waals surface area contributed by atoms with E-state index < -0.39 is 6.43 Å². The van der Waals surface area contributed by atoms with E-state index in [1.54, 1.807) is 19.1 Å². The highest BCUT2D eigenvalue weighted by Crippen LogP contribution is 2.25. The van der Waals surface area contributed by atoms with Crippen molar-refractivity contribution in [2.45, 2.75) is 26.7 Å². The van der Waals surface area contributed by atoms with Crippen molar-refractivity contribution in [1.29, 1.82) is 0 Å². The summed E-state index contributed by atoms with van der Waals surface area (Å²) >= 11 is 0. The van der Waals surface area contributed by atoms with Crippen molar-refractivity contribution in [3.05, 3.63) is 34.9 Å². The van der Waals surface area contributed by atoms with E-state index in [-0.39, 0.29) is 17.8 Å². The van der Waals surface area contributed by atoms with Gasteiger partial charge in [0.15, 0.2) is 0 Å². The molecule has 1 aromatic carbocycles. The second-order valence-electron chi connectivity index (χ2n) is 3.32. The number of halogens is 2. The van der Waals surface area contributed by atoms with Gasteiger partial charge in [0, 0.05) is 12.0 Å². The lowest BCUT2D eigenvalue weighted by Gasteiger charge is -2.10. The van der Waals surface area contributed by atoms with Gasteiger partial charge in [-0.3, -0.25) is 4.79 Å². The fraction of sp³-hybridized carbons (Fsp3) is 0.364. The number of carbonyl (C=O) groups excluding carboxylic acids is 1. The van der Waals surface area contributed by atoms with E-state index in [1.165, 1.54) is 13.0 Å². The number of benzene rings is 1. The summed E-state index contributed by atoms with van der Waals surface area (Å²) in [6.07, 6.45) is -2.42. The van der Waals surface area contributed by atoms with Gasteiger partial charge in [-0.1, -0.05) is 18.2 Å². The Balaban J connectivity index is 3.15. The molecule has 3 heteroatoms. The average Bonchev–Trinajstić information content (AvgIpc) is 2.07. The molecule has 0 unspecified atom stereocenters. The molecule has 1 rings (SSSR count). The Hall–Kier alpha value is -1.25. The maximum absolute atomic E-state index is 12.5. The van der Waals surface area contributed by atoms with E-state index in [1.807, 2.05) is 0 Å². The number of hydrogen-bond donors (Lipinski definition) is 0. The van der Waals surface area contributed by atoms with Crippen molar-refractivity contribution in [3.8, 4) is 0 Å². The summed E-state index contributed by atoms with van der Waals surface area (Å²) in [5.41, 5.74) is 1.19. The molecule has 0 aliphatic rings. The first-order valence-electron chi connectivity index (χ1n) is 4.38. The molecule has 14 heavy (non-hydrogen) atoms. The minimum absolute atomic E-state index is 0.0276. The van der Waals surface area contributed by atoms with Crippen LogP contribution in [0.15, 0.2) is 18.2 Å². The zero-order valence-electron chi connectivity index (χ0n) is 8.18. The molecular formula is C11H12F2O. The molecule has 0 atom stereocenters. The van der Waals surface area contributed by atoms with Crippen LogP contribution in [-0.4, -0.2) is 5.78 Å². The summed E-state index contributed by atoms with van der Waals surface area (Å²) in [4.78, 5) is 10.9. The molecular weight excluding hydrogens is 186 g/mol. The summed E-state index contributed by atoms with van der Waals surface area (Å²) in [7, 11) is 0. The van der Waals surface area contributed by atoms with Crippen LogP contribution in [0.4, 0.5) is 8.78 Å². The molecule has 0 saturated carbocycles. The van der Waals surface area contributed by atoms with Crippen molar-refractivity contribution >= 4 is 5.78 Å². The zero-order chi connectivity index (χ0) is 10.7. The van der Waals surface area contributed by atoms with Crippen LogP contribution in [0.2, 0.25) is 0 Å². The standard InChI is InChI=1S/C11H12F2O/c1-7-4-3-5-9(11(12)13)10(7)6-8(2)14/h3-5,11H,6H2,1-2H3. The quantitative estimate of drug-likeness (QED) is 0.729. The summed E-state index contributed by atoms with van der Waals surface area (Å²) < 4.78 is 25.1. The summed E-state index contributed by atoms with van der Waals surface area (Å²) in [5, 5.41) is 0. The van der Waals surface area contributed by atoms with Crippen molar-refractivity contribution in [1.82, 2.24) is 0 Å². The van der Waals surface area contributed by atoms with Gasteiger partial charge in [-0.15, -0.1) is 0 Å². The number of carbonyl (C=O) groups is 1. The SMILES string of the molecule is CC(=O)Cc1c(C)cccc1C(F)F. The lowest BCUT2D eigenvalue weighted by atomic mass is 9.98. The fourth-order valence-electron chi connectivity index (χ4n) is 1.42. The number of Topliss-reactive ketones (excluding diaryl/α,β-unsaturated/α-hetero) is 1. The summed E-state index contributed by atoms with van der Waals surface area (Å²) in [6, 6.07) is 4.69. The second kappa shape index (κ2) is 4.31. The van der Waals surface area contributed by atoms with E-state index in [2.05, 4.69) is 0 Å². The first kappa shape index (κ1) is 10.8. The number of rotatable bonds is 3. The third kappa shape index (κ3) is 2.37. The molecule has 0 spiro atoms. The fourth-order valence-corrected chi connectivity index (χ4v) is 1.42. The van der Waals surface area contributed by atoms with Gasteiger partial charge in [0.25, 0.3) is 6.43 Å². The molecule has 1 nitrogen and oxygen atoms in total. The largest absolute Gasteiger partial charge is 0.300 e. The molecule has 0 aliphatic carbocycles. The minimum Gasteiger partial charge on any atom is -0.300 e. The molecule has 76 valence electrons. The molecule has 0 amide bonds. The zero-order valence-corrected chi connectivity index (χ0v) is 8.18. The van der Waals surface area contributed by atoms with Gasteiger partial charge in [-0.2, -0.15) is 0 Å². The van der Waals surface area contributed by atoms with Crippen molar-refractivity contribution in [3.63, 3.8) is 0 Å². The minimum atomic E-state index is -2.51. The highest BCUT2D eigenvalue weighted by Gasteiger charge is 2.15. The Morgan fingerprint density at radius 3 is 2.57 bits per heavy atom. The van der Waals surface area contributed by atoms with E-state index in [9.17, 15) is 13.6 Å². The lowest BCUT2D eigenvalue weighted by Crippen LogP contribution is -2.03. The maximum atomic E-state index is 12.5. The van der Waals surface area contributed by atoms with Gasteiger partial charge in [0.2, 0.25) is 0 Å². The van der Waals surface area contributed by atoms with Crippen LogP contribution in [0.25, 0.3) is 0 Å². The molecule has 0 heterocycles. The molecule has 1 aromatic rings. The summed E-state index contributed by atoms with van der Waals surface area (Å²) in [5.74, 6) is -0.0961. The van der Waals surface area contributed by atoms with Crippen LogP contribution in [0.3, 0.4) is 0 Å². The van der Waals surface area contributed by atoms with Gasteiger partial charge in [0.05, 0.1) is 0 Å². The van der Waals surface area contributed by atoms with Crippen LogP contribution in [0, 0.1) is 6.92 Å². The van der Waals surface area contributed by atoms with E-state index in [0.29, 0.717) is 5.56 Å². The molecule has 0 saturated heterocycles. The predicted octanol–water partition coefficient (Wildman–Crippen LogP) is 3.06. The molecule has 0 N–H and O–H groups in total.